The Kier molecular flexibility index (Phi) is 6.04. The van der Waals surface area contributed by atoms with Crippen LogP contribution in [0.15, 0.2) is 66.7 Å². The van der Waals surface area contributed by atoms with E-state index < -0.39 is 24.1 Å². The molecule has 0 amide bonds. The summed E-state index contributed by atoms with van der Waals surface area (Å²) in [5, 5.41) is 0. The van der Waals surface area contributed by atoms with E-state index in [1.807, 2.05) is 48.5 Å². The second-order valence-corrected chi connectivity index (χ2v) is 6.34. The zero-order valence-corrected chi connectivity index (χ0v) is 15.3. The summed E-state index contributed by atoms with van der Waals surface area (Å²) in [4.78, 5) is 22.4. The van der Waals surface area contributed by atoms with Crippen molar-refractivity contribution in [3.05, 3.63) is 72.3 Å². The molecule has 1 heterocycles. The van der Waals surface area contributed by atoms with E-state index >= 15 is 0 Å². The summed E-state index contributed by atoms with van der Waals surface area (Å²) in [5.41, 5.74) is 3.24. The van der Waals surface area contributed by atoms with Gasteiger partial charge in [-0.15, -0.1) is 0 Å². The van der Waals surface area contributed by atoms with Crippen LogP contribution in [0.3, 0.4) is 0 Å². The topological polar surface area (TPSA) is 61.8 Å². The summed E-state index contributed by atoms with van der Waals surface area (Å²) in [5.74, 6) is -0.815. The minimum absolute atomic E-state index is 0.0240. The fourth-order valence-electron chi connectivity index (χ4n) is 2.97. The van der Waals surface area contributed by atoms with Crippen LogP contribution in [0.1, 0.15) is 25.5 Å². The molecule has 5 heteroatoms. The monoisotopic (exact) mass is 366 g/mol. The predicted octanol–water partition coefficient (Wildman–Crippen LogP) is 3.84. The van der Waals surface area contributed by atoms with Crippen LogP contribution in [-0.4, -0.2) is 30.8 Å². The van der Waals surface area contributed by atoms with Gasteiger partial charge >= 0.3 is 11.9 Å². The fraction of sp³-hybridized carbons (Fsp3) is 0.273. The first kappa shape index (κ1) is 18.9. The Morgan fingerprint density at radius 1 is 0.889 bits per heavy atom. The molecule has 0 unspecified atom stereocenters. The van der Waals surface area contributed by atoms with E-state index in [4.69, 9.17) is 14.2 Å². The second kappa shape index (κ2) is 8.64. The van der Waals surface area contributed by atoms with Gasteiger partial charge in [-0.2, -0.15) is 0 Å². The van der Waals surface area contributed by atoms with Crippen molar-refractivity contribution in [2.24, 2.45) is 0 Å². The number of benzene rings is 2. The Balaban J connectivity index is 1.75. The van der Waals surface area contributed by atoms with Gasteiger partial charge in [0.2, 0.25) is 0 Å². The van der Waals surface area contributed by atoms with Crippen LogP contribution >= 0.6 is 0 Å². The Hall–Kier alpha value is -2.92. The summed E-state index contributed by atoms with van der Waals surface area (Å²) >= 11 is 0. The molecule has 1 aliphatic rings. The minimum atomic E-state index is -0.582. The molecule has 3 atom stereocenters. The van der Waals surface area contributed by atoms with Gasteiger partial charge in [-0.1, -0.05) is 60.7 Å². The number of hydrogen-bond acceptors (Lipinski definition) is 5. The highest BCUT2D eigenvalue weighted by molar-refractivity contribution is 5.67. The van der Waals surface area contributed by atoms with Gasteiger partial charge in [0.25, 0.3) is 0 Å². The Labute approximate surface area is 158 Å². The molecule has 140 valence electrons. The first-order valence-electron chi connectivity index (χ1n) is 8.82. The van der Waals surface area contributed by atoms with Gasteiger partial charge in [0.15, 0.2) is 0 Å². The smallest absolute Gasteiger partial charge is 0.303 e. The molecule has 0 aliphatic carbocycles. The van der Waals surface area contributed by atoms with Crippen molar-refractivity contribution in [3.8, 4) is 11.1 Å². The Morgan fingerprint density at radius 2 is 1.56 bits per heavy atom. The number of ether oxygens (including phenoxy) is 3. The maximum atomic E-state index is 11.3. The summed E-state index contributed by atoms with van der Waals surface area (Å²) in [6.07, 6.45) is 2.20. The molecule has 0 bridgehead atoms. The highest BCUT2D eigenvalue weighted by Gasteiger charge is 2.31. The third-order valence-corrected chi connectivity index (χ3v) is 4.26. The van der Waals surface area contributed by atoms with Crippen LogP contribution in [0.5, 0.6) is 0 Å². The van der Waals surface area contributed by atoms with Crippen LogP contribution in [0.2, 0.25) is 0 Å². The minimum Gasteiger partial charge on any atom is -0.463 e. The van der Waals surface area contributed by atoms with Crippen molar-refractivity contribution >= 4 is 11.9 Å². The molecule has 27 heavy (non-hydrogen) atoms. The predicted molar refractivity (Wildman–Crippen MR) is 101 cm³/mol. The van der Waals surface area contributed by atoms with E-state index in [1.54, 1.807) is 6.08 Å². The van der Waals surface area contributed by atoms with Crippen molar-refractivity contribution in [1.82, 2.24) is 0 Å². The van der Waals surface area contributed by atoms with E-state index in [-0.39, 0.29) is 12.7 Å². The van der Waals surface area contributed by atoms with Gasteiger partial charge in [0, 0.05) is 13.8 Å². The molecule has 0 radical (unpaired) electrons. The van der Waals surface area contributed by atoms with Crippen molar-refractivity contribution in [2.75, 3.05) is 6.61 Å². The molecule has 5 nitrogen and oxygen atoms in total. The fourth-order valence-corrected chi connectivity index (χ4v) is 2.97. The SMILES string of the molecule is CC(=O)OC[C@H]1O[C@H](c2ccc(-c3ccccc3)cc2)C=C[C@H]1OC(C)=O. The summed E-state index contributed by atoms with van der Waals surface area (Å²) in [6, 6.07) is 18.2. The normalized spacial score (nSPS) is 21.5. The molecule has 0 aromatic heterocycles. The summed E-state index contributed by atoms with van der Waals surface area (Å²) in [7, 11) is 0. The van der Waals surface area contributed by atoms with Crippen LogP contribution in [0.4, 0.5) is 0 Å². The zero-order chi connectivity index (χ0) is 19.2. The first-order valence-corrected chi connectivity index (χ1v) is 8.82. The maximum absolute atomic E-state index is 11.3. The van der Waals surface area contributed by atoms with Gasteiger partial charge in [-0.05, 0) is 22.8 Å². The van der Waals surface area contributed by atoms with Crippen LogP contribution in [0, 0.1) is 0 Å². The Bertz CT molecular complexity index is 810. The molecule has 2 aromatic carbocycles. The highest BCUT2D eigenvalue weighted by atomic mass is 16.6. The van der Waals surface area contributed by atoms with Crippen LogP contribution < -0.4 is 0 Å². The van der Waals surface area contributed by atoms with E-state index in [0.717, 1.165) is 16.7 Å². The third kappa shape index (κ3) is 5.05. The molecular formula is C22H22O5. The number of carbonyl (C=O) groups is 2. The van der Waals surface area contributed by atoms with E-state index in [0.29, 0.717) is 0 Å². The third-order valence-electron chi connectivity index (χ3n) is 4.26. The number of hydrogen-bond donors (Lipinski definition) is 0. The number of esters is 2. The molecule has 0 N–H and O–H groups in total. The zero-order valence-electron chi connectivity index (χ0n) is 15.3. The van der Waals surface area contributed by atoms with Gasteiger partial charge in [-0.3, -0.25) is 9.59 Å². The van der Waals surface area contributed by atoms with Crippen molar-refractivity contribution in [3.63, 3.8) is 0 Å². The van der Waals surface area contributed by atoms with Gasteiger partial charge < -0.3 is 14.2 Å². The van der Waals surface area contributed by atoms with E-state index in [1.165, 1.54) is 13.8 Å². The largest absolute Gasteiger partial charge is 0.463 e. The standard InChI is InChI=1S/C22H22O5/c1-15(23)25-14-22-21(26-16(2)24)13-12-20(27-22)19-10-8-18(9-11-19)17-6-4-3-5-7-17/h3-13,20-22H,14H2,1-2H3/t20-,21+,22+/m0/s1. The molecule has 2 aromatic rings. The lowest BCUT2D eigenvalue weighted by Gasteiger charge is -2.31. The molecule has 0 saturated carbocycles. The van der Waals surface area contributed by atoms with Crippen molar-refractivity contribution in [2.45, 2.75) is 32.2 Å². The number of rotatable bonds is 5. The lowest BCUT2D eigenvalue weighted by atomic mass is 9.99. The highest BCUT2D eigenvalue weighted by Crippen LogP contribution is 2.29. The molecule has 1 aliphatic heterocycles. The van der Waals surface area contributed by atoms with Gasteiger partial charge in [-0.25, -0.2) is 0 Å². The molecule has 0 spiro atoms. The van der Waals surface area contributed by atoms with Crippen molar-refractivity contribution in [1.29, 1.82) is 0 Å². The lowest BCUT2D eigenvalue weighted by Crippen LogP contribution is -2.39. The Morgan fingerprint density at radius 3 is 2.19 bits per heavy atom. The molecule has 0 saturated heterocycles. The average molecular weight is 366 g/mol. The molecule has 3 rings (SSSR count). The molecular weight excluding hydrogens is 344 g/mol. The molecule has 0 fully saturated rings. The van der Waals surface area contributed by atoms with Crippen LogP contribution in [0.25, 0.3) is 11.1 Å². The van der Waals surface area contributed by atoms with Gasteiger partial charge in [0.1, 0.15) is 24.9 Å². The van der Waals surface area contributed by atoms with E-state index in [9.17, 15) is 9.59 Å². The quantitative estimate of drug-likeness (QED) is 0.594. The summed E-state index contributed by atoms with van der Waals surface area (Å²) < 4.78 is 16.4. The first-order chi connectivity index (χ1) is 13.0. The summed E-state index contributed by atoms with van der Waals surface area (Å²) in [6.45, 7) is 2.70. The second-order valence-electron chi connectivity index (χ2n) is 6.34. The number of carbonyl (C=O) groups excluding carboxylic acids is 2. The maximum Gasteiger partial charge on any atom is 0.303 e. The van der Waals surface area contributed by atoms with Gasteiger partial charge in [0.05, 0.1) is 0 Å². The lowest BCUT2D eigenvalue weighted by molar-refractivity contribution is -0.163. The van der Waals surface area contributed by atoms with Crippen LogP contribution in [-0.2, 0) is 23.8 Å². The van der Waals surface area contributed by atoms with Crippen molar-refractivity contribution < 1.29 is 23.8 Å². The average Bonchev–Trinajstić information content (AvgIpc) is 2.67. The van der Waals surface area contributed by atoms with E-state index in [2.05, 4.69) is 12.1 Å².